The zero-order chi connectivity index (χ0) is 39.9. The van der Waals surface area contributed by atoms with Crippen molar-refractivity contribution in [3.8, 4) is 44.9 Å². The normalized spacial score (nSPS) is 33.8. The molecule has 19 rings (SSSR count). The third kappa shape index (κ3) is 4.97. The van der Waals surface area contributed by atoms with Crippen LogP contribution < -0.4 is 9.05 Å². The van der Waals surface area contributed by atoms with Crippen LogP contribution in [-0.2, 0) is 30.2 Å². The van der Waals surface area contributed by atoms with E-state index in [0.717, 1.165) is 60.8 Å². The van der Waals surface area contributed by atoms with E-state index >= 15 is 4.57 Å². The Morgan fingerprint density at radius 2 is 0.689 bits per heavy atom. The second kappa shape index (κ2) is 12.9. The van der Waals surface area contributed by atoms with E-state index in [-0.39, 0.29) is 0 Å². The van der Waals surface area contributed by atoms with Gasteiger partial charge in [-0.05, 0) is 291 Å². The first-order valence-corrected chi connectivity index (χ1v) is 27.0. The van der Waals surface area contributed by atoms with Gasteiger partial charge in [0.2, 0.25) is 0 Å². The molecule has 0 aromatic heterocycles. The van der Waals surface area contributed by atoms with E-state index in [4.69, 9.17) is 9.05 Å². The fourth-order valence-corrected chi connectivity index (χ4v) is 18.0. The fourth-order valence-electron chi connectivity index (χ4n) is 17.1. The Balaban J connectivity index is 1.08. The molecule has 4 saturated carbocycles. The zero-order valence-electron chi connectivity index (χ0n) is 36.0. The van der Waals surface area contributed by atoms with Crippen molar-refractivity contribution in [3.63, 3.8) is 0 Å². The molecule has 61 heavy (non-hydrogen) atoms. The van der Waals surface area contributed by atoms with Gasteiger partial charge in [-0.25, -0.2) is 4.57 Å². The average Bonchev–Trinajstić information content (AvgIpc) is 3.44. The molecule has 4 nitrogen and oxygen atoms in total. The summed E-state index contributed by atoms with van der Waals surface area (Å²) >= 11 is 0. The molecule has 8 bridgehead atoms. The predicted molar refractivity (Wildman–Crippen MR) is 243 cm³/mol. The van der Waals surface area contributed by atoms with Crippen LogP contribution in [0.25, 0.3) is 33.4 Å². The number of hydrogen-bond donors (Lipinski definition) is 1. The van der Waals surface area contributed by atoms with Crippen molar-refractivity contribution in [2.45, 2.75) is 201 Å². The van der Waals surface area contributed by atoms with Crippen LogP contribution >= 0.6 is 7.82 Å². The number of fused-ring (bicyclic) bond motifs is 15. The van der Waals surface area contributed by atoms with E-state index in [0.29, 0.717) is 58.8 Å². The molecule has 0 atom stereocenters. The second-order valence-corrected chi connectivity index (χ2v) is 23.6. The average molecular weight is 829 g/mol. The van der Waals surface area contributed by atoms with Gasteiger partial charge in [-0.3, -0.25) is 4.89 Å². The molecular weight excluding hydrogens is 768 g/mol. The van der Waals surface area contributed by atoms with Crippen LogP contribution in [0.4, 0.5) is 0 Å². The summed E-state index contributed by atoms with van der Waals surface area (Å²) < 4.78 is 29.1. The van der Waals surface area contributed by atoms with Crippen LogP contribution in [0.5, 0.6) is 11.5 Å². The quantitative estimate of drug-likeness (QED) is 0.205. The van der Waals surface area contributed by atoms with Gasteiger partial charge in [-0.1, -0.05) is 12.1 Å². The molecular formula is C56H61O4P. The van der Waals surface area contributed by atoms with Crippen molar-refractivity contribution < 1.29 is 18.5 Å². The first-order valence-electron chi connectivity index (χ1n) is 25.5. The Kier molecular flexibility index (Phi) is 7.63. The molecule has 0 amide bonds. The SMILES string of the molecule is O=P1(O)Oc2c(-c3c4c(cc5c3C3CCC5CC3)C3CCC4CC3)cc3c(c2-c2c4c(cc(-c5c6c(cc7c5C5CCC7CC5)C5CCC6CC5)c2O1)CCCC4)CCCC3. The van der Waals surface area contributed by atoms with E-state index in [1.165, 1.54) is 149 Å². The number of phosphoric ester groups is 1. The Morgan fingerprint density at radius 1 is 0.393 bits per heavy atom. The minimum atomic E-state index is -4.63. The van der Waals surface area contributed by atoms with Crippen LogP contribution in [0.1, 0.15) is 243 Å². The summed E-state index contributed by atoms with van der Waals surface area (Å²) in [7, 11) is -4.63. The van der Waals surface area contributed by atoms with Crippen LogP contribution in [0.15, 0.2) is 24.3 Å². The van der Waals surface area contributed by atoms with E-state index in [2.05, 4.69) is 24.3 Å². The van der Waals surface area contributed by atoms with Gasteiger partial charge in [0.15, 0.2) is 0 Å². The Labute approximate surface area is 362 Å². The highest BCUT2D eigenvalue weighted by Crippen LogP contribution is 2.68. The summed E-state index contributed by atoms with van der Waals surface area (Å²) in [6.45, 7) is 0. The Hall–Kier alpha value is -3.33. The third-order valence-electron chi connectivity index (χ3n) is 19.7. The number of benzene rings is 4. The molecule has 5 heteroatoms. The summed E-state index contributed by atoms with van der Waals surface area (Å²) in [4.78, 5) is 12.5. The largest absolute Gasteiger partial charge is 0.584 e. The number of aryl methyl sites for hydroxylation is 2. The lowest BCUT2D eigenvalue weighted by Crippen LogP contribution is -2.28. The lowest BCUT2D eigenvalue weighted by Gasteiger charge is -2.46. The molecule has 0 saturated heterocycles. The van der Waals surface area contributed by atoms with E-state index in [9.17, 15) is 4.89 Å². The van der Waals surface area contributed by atoms with Crippen LogP contribution in [0, 0.1) is 0 Å². The minimum absolute atomic E-state index is 0.558. The maximum absolute atomic E-state index is 15.3. The smallest absolute Gasteiger partial charge is 0.394 e. The highest BCUT2D eigenvalue weighted by molar-refractivity contribution is 7.48. The van der Waals surface area contributed by atoms with Gasteiger partial charge in [0.1, 0.15) is 11.5 Å². The summed E-state index contributed by atoms with van der Waals surface area (Å²) in [5, 5.41) is 0. The van der Waals surface area contributed by atoms with E-state index in [1.807, 2.05) is 0 Å². The van der Waals surface area contributed by atoms with Crippen molar-refractivity contribution in [2.24, 2.45) is 0 Å². The van der Waals surface area contributed by atoms with E-state index < -0.39 is 7.82 Å². The monoisotopic (exact) mass is 828 g/mol. The molecule has 4 aromatic carbocycles. The van der Waals surface area contributed by atoms with Gasteiger partial charge in [0.25, 0.3) is 0 Å². The lowest BCUT2D eigenvalue weighted by atomic mass is 9.58. The van der Waals surface area contributed by atoms with Gasteiger partial charge in [-0.2, -0.15) is 0 Å². The van der Waals surface area contributed by atoms with Gasteiger partial charge < -0.3 is 9.05 Å². The van der Waals surface area contributed by atoms with Gasteiger partial charge in [0, 0.05) is 22.3 Å². The molecule has 0 spiro atoms. The summed E-state index contributed by atoms with van der Waals surface area (Å²) in [6, 6.07) is 10.4. The number of rotatable bonds is 2. The van der Waals surface area contributed by atoms with Crippen LogP contribution in [-0.4, -0.2) is 4.89 Å². The molecule has 14 aliphatic carbocycles. The van der Waals surface area contributed by atoms with Crippen molar-refractivity contribution in [1.29, 1.82) is 0 Å². The summed E-state index contributed by atoms with van der Waals surface area (Å²) in [5.41, 5.74) is 25.9. The van der Waals surface area contributed by atoms with Gasteiger partial charge in [-0.15, -0.1) is 0 Å². The van der Waals surface area contributed by atoms with Crippen molar-refractivity contribution in [3.05, 3.63) is 91.0 Å². The van der Waals surface area contributed by atoms with Crippen molar-refractivity contribution >= 4 is 7.82 Å². The maximum atomic E-state index is 15.3. The molecule has 0 unspecified atom stereocenters. The molecule has 1 N–H and O–H groups in total. The Morgan fingerprint density at radius 3 is 1.02 bits per heavy atom. The van der Waals surface area contributed by atoms with Gasteiger partial charge in [0.05, 0.1) is 0 Å². The zero-order valence-corrected chi connectivity index (χ0v) is 36.9. The first-order chi connectivity index (χ1) is 30.0. The van der Waals surface area contributed by atoms with E-state index in [1.54, 1.807) is 44.5 Å². The molecule has 0 radical (unpaired) electrons. The molecule has 1 heterocycles. The third-order valence-corrected chi connectivity index (χ3v) is 20.5. The highest BCUT2D eigenvalue weighted by Gasteiger charge is 2.48. The lowest BCUT2D eigenvalue weighted by molar-refractivity contribution is 0.295. The molecule has 4 fully saturated rings. The minimum Gasteiger partial charge on any atom is -0.394 e. The highest BCUT2D eigenvalue weighted by atomic mass is 31.2. The van der Waals surface area contributed by atoms with Crippen molar-refractivity contribution in [1.82, 2.24) is 0 Å². The molecule has 15 aliphatic rings. The van der Waals surface area contributed by atoms with Crippen LogP contribution in [0.2, 0.25) is 0 Å². The molecule has 1 aliphatic heterocycles. The summed E-state index contributed by atoms with van der Waals surface area (Å²) in [6.07, 6.45) is 29.3. The number of phosphoric acid groups is 1. The Bertz CT molecular complexity index is 2380. The summed E-state index contributed by atoms with van der Waals surface area (Å²) in [5.74, 6) is 6.15. The topological polar surface area (TPSA) is 55.8 Å². The standard InChI is InChI=1S/C56H61O4P/c57-61(58)59-55-45(51-47-33-17-9-29(10-18-33)41(47)27-42-30-11-19-34(20-12-30)48(42)51)25-37-5-1-3-7-39(37)53(55)54-40-8-4-2-6-38(40)26-46(56(54)60-61)52-49-35-21-13-31(14-22-35)43(49)28-44-32-15-23-36(24-16-32)50(44)52/h25-36H,1-24H2,(H,57,58). The fraction of sp³-hybridized carbons (Fsp3) is 0.571. The van der Waals surface area contributed by atoms with Crippen LogP contribution in [0.3, 0.4) is 0 Å². The maximum Gasteiger partial charge on any atom is 0.584 e. The first kappa shape index (κ1) is 36.1. The number of hydrogen-bond acceptors (Lipinski definition) is 3. The molecule has 314 valence electrons. The second-order valence-electron chi connectivity index (χ2n) is 22.3. The predicted octanol–water partition coefficient (Wildman–Crippen LogP) is 15.3. The van der Waals surface area contributed by atoms with Crippen molar-refractivity contribution in [2.75, 3.05) is 0 Å². The van der Waals surface area contributed by atoms with Gasteiger partial charge >= 0.3 is 7.82 Å². The molecule has 4 aromatic rings.